The highest BCUT2D eigenvalue weighted by Gasteiger charge is 2.41. The summed E-state index contributed by atoms with van der Waals surface area (Å²) in [6.45, 7) is 0.907. The monoisotopic (exact) mass is 615 g/mol. The Morgan fingerprint density at radius 2 is 1.62 bits per heavy atom. The Bertz CT molecular complexity index is 1530. The van der Waals surface area contributed by atoms with Gasteiger partial charge in [0.1, 0.15) is 24.0 Å². The van der Waals surface area contributed by atoms with Crippen molar-refractivity contribution in [1.29, 1.82) is 0 Å². The quantitative estimate of drug-likeness (QED) is 0.163. The van der Waals surface area contributed by atoms with Gasteiger partial charge in [0.2, 0.25) is 0 Å². The van der Waals surface area contributed by atoms with Crippen LogP contribution in [0, 0.1) is 11.6 Å². The van der Waals surface area contributed by atoms with Gasteiger partial charge in [0.15, 0.2) is 0 Å². The van der Waals surface area contributed by atoms with E-state index in [2.05, 4.69) is 34.7 Å². The van der Waals surface area contributed by atoms with Crippen molar-refractivity contribution in [3.8, 4) is 0 Å². The van der Waals surface area contributed by atoms with Crippen molar-refractivity contribution >= 4 is 48.8 Å². The number of fused-ring (bicyclic) bond motifs is 2. The molecule has 1 aliphatic heterocycles. The van der Waals surface area contributed by atoms with Crippen LogP contribution in [0.25, 0.3) is 11.0 Å². The SMILES string of the molecule is CS(C)(C)CCOCn1ccc2cc(Br)c(C(Cc3cc(F)cc(F)c3)N3C(=O)c4ccccc4C3=O)nc21. The third-order valence-electron chi connectivity index (χ3n) is 6.59. The van der Waals surface area contributed by atoms with Gasteiger partial charge in [0.25, 0.3) is 11.8 Å². The fourth-order valence-electron chi connectivity index (χ4n) is 4.66. The van der Waals surface area contributed by atoms with E-state index in [-0.39, 0.29) is 17.5 Å². The number of carbonyl (C=O) groups excluding carboxylic acids is 2. The third-order valence-corrected chi connectivity index (χ3v) is 8.62. The van der Waals surface area contributed by atoms with E-state index in [1.165, 1.54) is 12.1 Å². The summed E-state index contributed by atoms with van der Waals surface area (Å²) in [5, 5.41) is 0.841. The average molecular weight is 617 g/mol. The second-order valence-electron chi connectivity index (χ2n) is 10.4. The number of hydrogen-bond acceptors (Lipinski definition) is 4. The molecule has 0 N–H and O–H groups in total. The molecule has 39 heavy (non-hydrogen) atoms. The first-order chi connectivity index (χ1) is 18.5. The molecule has 204 valence electrons. The highest BCUT2D eigenvalue weighted by molar-refractivity contribution is 9.10. The Kier molecular flexibility index (Phi) is 7.63. The smallest absolute Gasteiger partial charge is 0.262 e. The largest absolute Gasteiger partial charge is 0.360 e. The van der Waals surface area contributed by atoms with E-state index in [4.69, 9.17) is 9.72 Å². The third kappa shape index (κ3) is 5.78. The fourth-order valence-corrected chi connectivity index (χ4v) is 5.88. The van der Waals surface area contributed by atoms with Crippen LogP contribution in [0.2, 0.25) is 0 Å². The summed E-state index contributed by atoms with van der Waals surface area (Å²) >= 11 is 3.58. The minimum absolute atomic E-state index is 0.0250. The molecule has 4 aromatic rings. The van der Waals surface area contributed by atoms with Gasteiger partial charge < -0.3 is 9.30 Å². The first-order valence-corrected chi connectivity index (χ1v) is 16.1. The van der Waals surface area contributed by atoms with Gasteiger partial charge in [-0.25, -0.2) is 23.8 Å². The molecule has 0 spiro atoms. The number of aromatic nitrogens is 2. The van der Waals surface area contributed by atoms with E-state index in [0.29, 0.717) is 34.7 Å². The second kappa shape index (κ2) is 10.8. The number of carbonyl (C=O) groups is 2. The highest BCUT2D eigenvalue weighted by Crippen LogP contribution is 2.37. The van der Waals surface area contributed by atoms with Crippen LogP contribution in [0.5, 0.6) is 0 Å². The molecule has 1 unspecified atom stereocenters. The first-order valence-electron chi connectivity index (χ1n) is 12.3. The normalized spacial score (nSPS) is 14.8. The number of imide groups is 1. The van der Waals surface area contributed by atoms with Gasteiger partial charge in [-0.2, -0.15) is 0 Å². The summed E-state index contributed by atoms with van der Waals surface area (Å²) in [6.07, 6.45) is 8.55. The van der Waals surface area contributed by atoms with E-state index in [0.717, 1.165) is 22.1 Å². The van der Waals surface area contributed by atoms with Gasteiger partial charge in [-0.3, -0.25) is 14.5 Å². The van der Waals surface area contributed by atoms with Crippen molar-refractivity contribution in [2.75, 3.05) is 31.1 Å². The van der Waals surface area contributed by atoms with E-state index in [1.54, 1.807) is 24.3 Å². The van der Waals surface area contributed by atoms with Crippen LogP contribution in [0.3, 0.4) is 0 Å². The van der Waals surface area contributed by atoms with Crippen molar-refractivity contribution in [1.82, 2.24) is 14.5 Å². The number of ether oxygens (including phenoxy) is 1. The molecule has 2 aromatic heterocycles. The molecule has 10 heteroatoms. The molecule has 0 bridgehead atoms. The summed E-state index contributed by atoms with van der Waals surface area (Å²) < 4.78 is 36.6. The summed E-state index contributed by atoms with van der Waals surface area (Å²) in [5.41, 5.74) is 1.89. The molecule has 5 rings (SSSR count). The Labute approximate surface area is 235 Å². The maximum Gasteiger partial charge on any atom is 0.262 e. The molecular formula is C29H28BrF2N3O3S. The molecule has 1 aliphatic rings. The Morgan fingerprint density at radius 3 is 2.23 bits per heavy atom. The van der Waals surface area contributed by atoms with Gasteiger partial charge in [-0.1, -0.05) is 12.1 Å². The van der Waals surface area contributed by atoms with Gasteiger partial charge >= 0.3 is 0 Å². The fraction of sp³-hybridized carbons (Fsp3) is 0.276. The van der Waals surface area contributed by atoms with Crippen LogP contribution in [0.1, 0.15) is 38.0 Å². The molecule has 6 nitrogen and oxygen atoms in total. The minimum atomic E-state index is -0.925. The predicted octanol–water partition coefficient (Wildman–Crippen LogP) is 6.33. The van der Waals surface area contributed by atoms with Crippen LogP contribution in [-0.2, 0) is 17.9 Å². The zero-order valence-corrected chi connectivity index (χ0v) is 24.2. The minimum Gasteiger partial charge on any atom is -0.360 e. The van der Waals surface area contributed by atoms with E-state index in [1.807, 2.05) is 22.9 Å². The molecule has 0 radical (unpaired) electrons. The van der Waals surface area contributed by atoms with Crippen LogP contribution < -0.4 is 0 Å². The molecule has 3 heterocycles. The lowest BCUT2D eigenvalue weighted by molar-refractivity contribution is 0.0577. The van der Waals surface area contributed by atoms with Gasteiger partial charge in [-0.15, -0.1) is 0 Å². The lowest BCUT2D eigenvalue weighted by Gasteiger charge is -2.27. The lowest BCUT2D eigenvalue weighted by atomic mass is 10.0. The van der Waals surface area contributed by atoms with Crippen molar-refractivity contribution in [3.05, 3.63) is 99.3 Å². The Morgan fingerprint density at radius 1 is 0.974 bits per heavy atom. The predicted molar refractivity (Wildman–Crippen MR) is 153 cm³/mol. The molecule has 0 saturated carbocycles. The first kappa shape index (κ1) is 27.5. The molecule has 2 aromatic carbocycles. The summed E-state index contributed by atoms with van der Waals surface area (Å²) in [4.78, 5) is 33.0. The number of benzene rings is 2. The molecule has 0 saturated heterocycles. The van der Waals surface area contributed by atoms with Crippen molar-refractivity contribution in [2.45, 2.75) is 19.2 Å². The standard InChI is InChI=1S/C29H28BrF2N3O3S/c1-39(2,3)11-10-38-17-34-9-8-19-15-24(30)26(33-27(19)34)25(14-18-12-20(31)16-21(32)13-18)35-28(36)22-6-4-5-7-23(22)29(35)37/h4-9,12-13,15-16,25H,10-11,14,17H2,1-3H3. The summed E-state index contributed by atoms with van der Waals surface area (Å²) in [6, 6.07) is 12.6. The lowest BCUT2D eigenvalue weighted by Crippen LogP contribution is -2.36. The highest BCUT2D eigenvalue weighted by atomic mass is 79.9. The zero-order chi connectivity index (χ0) is 27.9. The number of rotatable bonds is 9. The number of pyridine rings is 1. The maximum atomic E-state index is 14.1. The zero-order valence-electron chi connectivity index (χ0n) is 21.8. The number of halogens is 3. The van der Waals surface area contributed by atoms with Crippen LogP contribution in [0.4, 0.5) is 8.78 Å². The Balaban J connectivity index is 1.55. The Hall–Kier alpha value is -3.08. The molecular weight excluding hydrogens is 588 g/mol. The van der Waals surface area contributed by atoms with Crippen LogP contribution in [-0.4, -0.2) is 57.4 Å². The second-order valence-corrected chi connectivity index (χ2v) is 15.9. The summed E-state index contributed by atoms with van der Waals surface area (Å²) in [7, 11) is -0.689. The topological polar surface area (TPSA) is 64.4 Å². The van der Waals surface area contributed by atoms with Gasteiger partial charge in [0, 0.05) is 27.9 Å². The van der Waals surface area contributed by atoms with Gasteiger partial charge in [-0.05, 0) is 83.1 Å². The van der Waals surface area contributed by atoms with Crippen molar-refractivity contribution in [2.24, 2.45) is 0 Å². The van der Waals surface area contributed by atoms with Crippen LogP contribution >= 0.6 is 26.0 Å². The van der Waals surface area contributed by atoms with Gasteiger partial charge in [0.05, 0.1) is 29.5 Å². The summed E-state index contributed by atoms with van der Waals surface area (Å²) in [5.74, 6) is -1.46. The van der Waals surface area contributed by atoms with Crippen molar-refractivity contribution in [3.63, 3.8) is 0 Å². The molecule has 2 amide bonds. The molecule has 0 fully saturated rings. The van der Waals surface area contributed by atoms with E-state index >= 15 is 0 Å². The molecule has 1 atom stereocenters. The number of hydrogen-bond donors (Lipinski definition) is 0. The maximum absolute atomic E-state index is 14.1. The van der Waals surface area contributed by atoms with E-state index in [9.17, 15) is 18.4 Å². The van der Waals surface area contributed by atoms with Crippen molar-refractivity contribution < 1.29 is 23.1 Å². The number of amides is 2. The van der Waals surface area contributed by atoms with Crippen LogP contribution in [0.15, 0.2) is 65.3 Å². The molecule has 0 aliphatic carbocycles. The average Bonchev–Trinajstić information content (AvgIpc) is 3.36. The number of nitrogens with zero attached hydrogens (tertiary/aromatic N) is 3. The van der Waals surface area contributed by atoms with E-state index < -0.39 is 39.5 Å².